The van der Waals surface area contributed by atoms with Crippen LogP contribution in [0.1, 0.15) is 31.9 Å². The van der Waals surface area contributed by atoms with Crippen molar-refractivity contribution in [3.05, 3.63) is 82.3 Å². The van der Waals surface area contributed by atoms with E-state index in [1.54, 1.807) is 6.20 Å². The van der Waals surface area contributed by atoms with Gasteiger partial charge in [-0.15, -0.1) is 0 Å². The molecule has 0 fully saturated rings. The Morgan fingerprint density at radius 1 is 1.04 bits per heavy atom. The predicted octanol–water partition coefficient (Wildman–Crippen LogP) is 4.21. The minimum atomic E-state index is -0.473. The molecule has 3 heteroatoms. The molecule has 136 valence electrons. The van der Waals surface area contributed by atoms with E-state index in [1.165, 1.54) is 4.57 Å². The number of benzene rings is 2. The van der Waals surface area contributed by atoms with E-state index in [2.05, 4.69) is 11.8 Å². The van der Waals surface area contributed by atoms with Gasteiger partial charge in [0, 0.05) is 29.0 Å². The van der Waals surface area contributed by atoms with Gasteiger partial charge in [0.2, 0.25) is 0 Å². The standard InChI is InChI=1S/C24H23NO2/c1-24(2,3)22(26)17-25-15-14-20-13-12-19(16-21(20)23(25)27)11-7-10-18-8-5-4-6-9-18/h4-6,8-9,12-16H,10,17H2,1-3H3. The Bertz CT molecular complexity index is 1090. The second kappa shape index (κ2) is 7.63. The fourth-order valence-electron chi connectivity index (χ4n) is 2.72. The Kier molecular flexibility index (Phi) is 5.28. The van der Waals surface area contributed by atoms with Gasteiger partial charge in [-0.3, -0.25) is 9.59 Å². The SMILES string of the molecule is CC(C)(C)C(=O)Cn1ccc2ccc(C#CCc3ccccc3)cc2c1=O. The number of aromatic nitrogens is 1. The number of Topliss-reactive ketones (excluding diaryl/α,β-unsaturated/α-hetero) is 1. The van der Waals surface area contributed by atoms with Crippen molar-refractivity contribution in [1.82, 2.24) is 4.57 Å². The van der Waals surface area contributed by atoms with Crippen molar-refractivity contribution in [2.24, 2.45) is 5.41 Å². The number of ketones is 1. The van der Waals surface area contributed by atoms with Crippen LogP contribution in [-0.2, 0) is 17.8 Å². The molecule has 0 aliphatic carbocycles. The van der Waals surface area contributed by atoms with Gasteiger partial charge in [0.25, 0.3) is 5.56 Å². The van der Waals surface area contributed by atoms with Gasteiger partial charge < -0.3 is 4.57 Å². The lowest BCUT2D eigenvalue weighted by Crippen LogP contribution is -2.30. The number of pyridine rings is 1. The molecule has 0 N–H and O–H groups in total. The van der Waals surface area contributed by atoms with E-state index in [4.69, 9.17) is 0 Å². The zero-order valence-corrected chi connectivity index (χ0v) is 16.0. The number of fused-ring (bicyclic) bond motifs is 1. The summed E-state index contributed by atoms with van der Waals surface area (Å²) in [6.45, 7) is 5.67. The monoisotopic (exact) mass is 357 g/mol. The number of carbonyl (C=O) groups is 1. The summed E-state index contributed by atoms with van der Waals surface area (Å²) in [5.74, 6) is 6.32. The third kappa shape index (κ3) is 4.54. The van der Waals surface area contributed by atoms with Gasteiger partial charge in [0.05, 0.1) is 6.54 Å². The zero-order valence-electron chi connectivity index (χ0n) is 16.0. The molecule has 3 rings (SSSR count). The van der Waals surface area contributed by atoms with E-state index in [9.17, 15) is 9.59 Å². The third-order valence-electron chi connectivity index (χ3n) is 4.50. The van der Waals surface area contributed by atoms with Crippen LogP contribution in [0.15, 0.2) is 65.6 Å². The Labute approximate surface area is 159 Å². The van der Waals surface area contributed by atoms with Gasteiger partial charge in [-0.05, 0) is 29.1 Å². The van der Waals surface area contributed by atoms with Crippen LogP contribution in [0.5, 0.6) is 0 Å². The Balaban J connectivity index is 1.89. The van der Waals surface area contributed by atoms with E-state index in [0.717, 1.165) is 16.5 Å². The largest absolute Gasteiger partial charge is 0.308 e. The lowest BCUT2D eigenvalue weighted by Gasteiger charge is -2.17. The molecule has 0 radical (unpaired) electrons. The first-order valence-electron chi connectivity index (χ1n) is 9.04. The second-order valence-corrected chi connectivity index (χ2v) is 7.69. The van der Waals surface area contributed by atoms with Crippen molar-refractivity contribution in [3.63, 3.8) is 0 Å². The highest BCUT2D eigenvalue weighted by molar-refractivity contribution is 5.85. The molecule has 0 amide bonds. The summed E-state index contributed by atoms with van der Waals surface area (Å²) in [5, 5.41) is 1.44. The maximum absolute atomic E-state index is 12.8. The molecular weight excluding hydrogens is 334 g/mol. The van der Waals surface area contributed by atoms with Crippen molar-refractivity contribution in [2.45, 2.75) is 33.7 Å². The zero-order chi connectivity index (χ0) is 19.4. The molecule has 0 bridgehead atoms. The van der Waals surface area contributed by atoms with E-state index in [0.29, 0.717) is 11.8 Å². The topological polar surface area (TPSA) is 39.1 Å². The van der Waals surface area contributed by atoms with Crippen molar-refractivity contribution in [1.29, 1.82) is 0 Å². The molecule has 0 aliphatic rings. The Hall–Kier alpha value is -3.12. The number of hydrogen-bond acceptors (Lipinski definition) is 2. The summed E-state index contributed by atoms with van der Waals surface area (Å²) in [6, 6.07) is 17.6. The van der Waals surface area contributed by atoms with Crippen molar-refractivity contribution in [2.75, 3.05) is 0 Å². The first-order valence-corrected chi connectivity index (χ1v) is 9.04. The van der Waals surface area contributed by atoms with Crippen LogP contribution >= 0.6 is 0 Å². The summed E-state index contributed by atoms with van der Waals surface area (Å²) in [5.41, 5.74) is 1.33. The highest BCUT2D eigenvalue weighted by atomic mass is 16.1. The molecule has 0 spiro atoms. The molecule has 0 saturated heterocycles. The van der Waals surface area contributed by atoms with Crippen LogP contribution < -0.4 is 5.56 Å². The minimum absolute atomic E-state index is 0.0303. The fraction of sp³-hybridized carbons (Fsp3) is 0.250. The molecule has 27 heavy (non-hydrogen) atoms. The van der Waals surface area contributed by atoms with Gasteiger partial charge in [0.15, 0.2) is 5.78 Å². The average molecular weight is 357 g/mol. The normalized spacial score (nSPS) is 11.1. The van der Waals surface area contributed by atoms with Gasteiger partial charge >= 0.3 is 0 Å². The van der Waals surface area contributed by atoms with Crippen molar-refractivity contribution < 1.29 is 4.79 Å². The van der Waals surface area contributed by atoms with E-state index in [-0.39, 0.29) is 17.9 Å². The lowest BCUT2D eigenvalue weighted by atomic mass is 9.91. The number of nitrogens with zero attached hydrogens (tertiary/aromatic N) is 1. The maximum atomic E-state index is 12.8. The summed E-state index contributed by atoms with van der Waals surface area (Å²) in [6.07, 6.45) is 2.35. The minimum Gasteiger partial charge on any atom is -0.308 e. The molecule has 0 unspecified atom stereocenters. The number of carbonyl (C=O) groups excluding carboxylic acids is 1. The molecule has 3 nitrogen and oxygen atoms in total. The van der Waals surface area contributed by atoms with E-state index < -0.39 is 5.41 Å². The Morgan fingerprint density at radius 3 is 2.48 bits per heavy atom. The van der Waals surface area contributed by atoms with Crippen molar-refractivity contribution >= 4 is 16.6 Å². The van der Waals surface area contributed by atoms with Gasteiger partial charge in [-0.25, -0.2) is 0 Å². The van der Waals surface area contributed by atoms with Crippen LogP contribution in [0.3, 0.4) is 0 Å². The number of hydrogen-bond donors (Lipinski definition) is 0. The molecule has 1 aromatic heterocycles. The summed E-state index contributed by atoms with van der Waals surface area (Å²) < 4.78 is 1.48. The van der Waals surface area contributed by atoms with Gasteiger partial charge in [-0.2, -0.15) is 0 Å². The quantitative estimate of drug-likeness (QED) is 0.659. The fourth-order valence-corrected chi connectivity index (χ4v) is 2.72. The van der Waals surface area contributed by atoms with Crippen LogP contribution in [0, 0.1) is 17.3 Å². The smallest absolute Gasteiger partial charge is 0.258 e. The number of rotatable bonds is 3. The van der Waals surface area contributed by atoms with Crippen molar-refractivity contribution in [3.8, 4) is 11.8 Å². The maximum Gasteiger partial charge on any atom is 0.258 e. The van der Waals surface area contributed by atoms with Crippen LogP contribution in [0.4, 0.5) is 0 Å². The molecule has 3 aromatic rings. The van der Waals surface area contributed by atoms with Gasteiger partial charge in [-0.1, -0.05) is 69.0 Å². The van der Waals surface area contributed by atoms with Gasteiger partial charge in [0.1, 0.15) is 0 Å². The van der Waals surface area contributed by atoms with Crippen LogP contribution in [-0.4, -0.2) is 10.4 Å². The van der Waals surface area contributed by atoms with Crippen LogP contribution in [0.25, 0.3) is 10.8 Å². The first-order chi connectivity index (χ1) is 12.8. The van der Waals surface area contributed by atoms with E-state index in [1.807, 2.05) is 75.4 Å². The molecule has 0 aliphatic heterocycles. The summed E-state index contributed by atoms with van der Waals surface area (Å²) in [7, 11) is 0. The third-order valence-corrected chi connectivity index (χ3v) is 4.50. The highest BCUT2D eigenvalue weighted by Crippen LogP contribution is 2.16. The average Bonchev–Trinajstić information content (AvgIpc) is 2.64. The molecule has 2 aromatic carbocycles. The predicted molar refractivity (Wildman–Crippen MR) is 110 cm³/mol. The highest BCUT2D eigenvalue weighted by Gasteiger charge is 2.21. The lowest BCUT2D eigenvalue weighted by molar-refractivity contribution is -0.126. The molecule has 0 atom stereocenters. The summed E-state index contributed by atoms with van der Waals surface area (Å²) >= 11 is 0. The van der Waals surface area contributed by atoms with E-state index >= 15 is 0 Å². The summed E-state index contributed by atoms with van der Waals surface area (Å²) in [4.78, 5) is 25.1. The Morgan fingerprint density at radius 2 is 1.78 bits per heavy atom. The second-order valence-electron chi connectivity index (χ2n) is 7.69. The first kappa shape index (κ1) is 18.7. The molecule has 1 heterocycles. The van der Waals surface area contributed by atoms with Crippen LogP contribution in [0.2, 0.25) is 0 Å². The molecular formula is C24H23NO2. The molecule has 0 saturated carbocycles.